The van der Waals surface area contributed by atoms with Crippen molar-refractivity contribution in [3.63, 3.8) is 0 Å². The van der Waals surface area contributed by atoms with E-state index in [-0.39, 0.29) is 11.3 Å². The molecule has 0 saturated heterocycles. The summed E-state index contributed by atoms with van der Waals surface area (Å²) in [5.41, 5.74) is 3.57. The van der Waals surface area contributed by atoms with Crippen LogP contribution in [0.15, 0.2) is 96.9 Å². The van der Waals surface area contributed by atoms with Gasteiger partial charge in [0.05, 0.1) is 11.1 Å². The number of benzene rings is 2. The van der Waals surface area contributed by atoms with Crippen LogP contribution in [0.1, 0.15) is 26.5 Å². The number of aromatic nitrogens is 2. The number of carbonyl (C=O) groups excluding carboxylic acids is 1. The second kappa shape index (κ2) is 7.85. The van der Waals surface area contributed by atoms with Crippen LogP contribution in [0.25, 0.3) is 6.08 Å². The van der Waals surface area contributed by atoms with Crippen molar-refractivity contribution >= 4 is 34.8 Å². The number of para-hydroxylation sites is 1. The van der Waals surface area contributed by atoms with Gasteiger partial charge in [-0.3, -0.25) is 4.79 Å². The fourth-order valence-corrected chi connectivity index (χ4v) is 5.09. The zero-order valence-corrected chi connectivity index (χ0v) is 17.7. The summed E-state index contributed by atoms with van der Waals surface area (Å²) in [6.45, 7) is 3.68. The van der Waals surface area contributed by atoms with E-state index in [1.165, 1.54) is 21.2 Å². The van der Waals surface area contributed by atoms with Gasteiger partial charge in [-0.1, -0.05) is 73.3 Å². The van der Waals surface area contributed by atoms with Gasteiger partial charge in [0.2, 0.25) is 0 Å². The van der Waals surface area contributed by atoms with Gasteiger partial charge in [-0.2, -0.15) is 4.68 Å². The van der Waals surface area contributed by atoms with Crippen molar-refractivity contribution < 1.29 is 4.79 Å². The molecule has 0 fully saturated rings. The lowest BCUT2D eigenvalue weighted by Gasteiger charge is -2.33. The standard InChI is InChI=1S/C26H21N3OS/c1-2-24(30)29-22-18-26(23-14-9-17-31-23,19-10-5-3-6-11-19)16-15-21(22)25(28-29)27-20-12-7-4-8-13-20/h2-17H,1,18H2,(H,27,28). The average Bonchev–Trinajstić information content (AvgIpc) is 3.49. The summed E-state index contributed by atoms with van der Waals surface area (Å²) >= 11 is 1.73. The van der Waals surface area contributed by atoms with E-state index in [9.17, 15) is 4.79 Å². The van der Waals surface area contributed by atoms with Gasteiger partial charge in [-0.15, -0.1) is 16.4 Å². The molecule has 2 heterocycles. The van der Waals surface area contributed by atoms with E-state index >= 15 is 0 Å². The molecule has 0 aliphatic heterocycles. The maximum absolute atomic E-state index is 12.7. The minimum atomic E-state index is -0.355. The van der Waals surface area contributed by atoms with Crippen LogP contribution in [0, 0.1) is 0 Å². The number of hydrogen-bond donors (Lipinski definition) is 1. The van der Waals surface area contributed by atoms with Crippen LogP contribution in [0.3, 0.4) is 0 Å². The van der Waals surface area contributed by atoms with Gasteiger partial charge in [-0.05, 0) is 35.2 Å². The van der Waals surface area contributed by atoms with E-state index in [1.807, 2.05) is 36.4 Å². The molecule has 4 nitrogen and oxygen atoms in total. The summed E-state index contributed by atoms with van der Waals surface area (Å²) in [4.78, 5) is 14.0. The minimum absolute atomic E-state index is 0.235. The molecule has 2 aromatic heterocycles. The molecule has 2 aromatic carbocycles. The van der Waals surface area contributed by atoms with Crippen LogP contribution < -0.4 is 5.32 Å². The number of nitrogens with one attached hydrogen (secondary N) is 1. The van der Waals surface area contributed by atoms with E-state index in [2.05, 4.69) is 70.9 Å². The maximum atomic E-state index is 12.7. The molecule has 1 atom stereocenters. The van der Waals surface area contributed by atoms with Crippen molar-refractivity contribution in [2.24, 2.45) is 0 Å². The third-order valence-electron chi connectivity index (χ3n) is 5.67. The quantitative estimate of drug-likeness (QED) is 0.396. The molecular weight excluding hydrogens is 402 g/mol. The molecule has 5 rings (SSSR count). The summed E-state index contributed by atoms with van der Waals surface area (Å²) in [6.07, 6.45) is 6.29. The van der Waals surface area contributed by atoms with Gasteiger partial charge in [0, 0.05) is 22.5 Å². The maximum Gasteiger partial charge on any atom is 0.270 e. The molecule has 0 bridgehead atoms. The molecule has 31 heavy (non-hydrogen) atoms. The van der Waals surface area contributed by atoms with E-state index in [0.29, 0.717) is 12.2 Å². The van der Waals surface area contributed by atoms with Crippen molar-refractivity contribution in [1.82, 2.24) is 9.78 Å². The first kappa shape index (κ1) is 19.3. The zero-order valence-electron chi connectivity index (χ0n) is 16.9. The largest absolute Gasteiger partial charge is 0.338 e. The molecule has 1 unspecified atom stereocenters. The molecule has 0 amide bonds. The third-order valence-corrected chi connectivity index (χ3v) is 6.72. The lowest BCUT2D eigenvalue weighted by molar-refractivity contribution is 0.0950. The Morgan fingerprint density at radius 3 is 2.48 bits per heavy atom. The topological polar surface area (TPSA) is 46.9 Å². The van der Waals surface area contributed by atoms with Crippen molar-refractivity contribution in [1.29, 1.82) is 0 Å². The Balaban J connectivity index is 1.67. The van der Waals surface area contributed by atoms with E-state index in [1.54, 1.807) is 11.3 Å². The summed E-state index contributed by atoms with van der Waals surface area (Å²) < 4.78 is 1.49. The summed E-state index contributed by atoms with van der Waals surface area (Å²) in [5.74, 6) is 0.432. The highest BCUT2D eigenvalue weighted by Crippen LogP contribution is 2.45. The van der Waals surface area contributed by atoms with Crippen LogP contribution in [0.2, 0.25) is 0 Å². The van der Waals surface area contributed by atoms with Crippen LogP contribution >= 0.6 is 11.3 Å². The average molecular weight is 424 g/mol. The monoisotopic (exact) mass is 423 g/mol. The predicted octanol–water partition coefficient (Wildman–Crippen LogP) is 6.07. The molecule has 0 radical (unpaired) electrons. The lowest BCUT2D eigenvalue weighted by atomic mass is 9.72. The van der Waals surface area contributed by atoms with Crippen LogP contribution in [0.5, 0.6) is 0 Å². The van der Waals surface area contributed by atoms with Crippen LogP contribution in [-0.2, 0) is 11.8 Å². The SMILES string of the molecule is C=CC(=O)n1nc(Nc2ccccc2)c2c1CC(c1ccccc1)(c1cccs1)C=C2. The van der Waals surface area contributed by atoms with Crippen LogP contribution in [-0.4, -0.2) is 15.7 Å². The van der Waals surface area contributed by atoms with Gasteiger partial charge in [0.25, 0.3) is 5.91 Å². The molecule has 1 N–H and O–H groups in total. The van der Waals surface area contributed by atoms with E-state index in [0.717, 1.165) is 16.9 Å². The minimum Gasteiger partial charge on any atom is -0.338 e. The number of hydrogen-bond acceptors (Lipinski definition) is 4. The van der Waals surface area contributed by atoms with Gasteiger partial charge in [0.1, 0.15) is 0 Å². The van der Waals surface area contributed by atoms with Gasteiger partial charge in [0.15, 0.2) is 5.82 Å². The van der Waals surface area contributed by atoms with Gasteiger partial charge < -0.3 is 5.32 Å². The number of anilines is 2. The number of carbonyl (C=O) groups is 1. The van der Waals surface area contributed by atoms with Gasteiger partial charge in [-0.25, -0.2) is 0 Å². The molecule has 1 aliphatic rings. The van der Waals surface area contributed by atoms with Crippen molar-refractivity contribution in [3.05, 3.63) is 119 Å². The highest BCUT2D eigenvalue weighted by molar-refractivity contribution is 7.10. The first-order valence-electron chi connectivity index (χ1n) is 10.1. The Morgan fingerprint density at radius 2 is 1.81 bits per heavy atom. The summed E-state index contributed by atoms with van der Waals surface area (Å²) in [7, 11) is 0. The smallest absolute Gasteiger partial charge is 0.270 e. The molecule has 0 saturated carbocycles. The highest BCUT2D eigenvalue weighted by Gasteiger charge is 2.39. The van der Waals surface area contributed by atoms with Crippen molar-refractivity contribution in [2.45, 2.75) is 11.8 Å². The number of rotatable bonds is 5. The Kier molecular flexibility index (Phi) is 4.88. The summed E-state index contributed by atoms with van der Waals surface area (Å²) in [5, 5.41) is 10.1. The number of allylic oxidation sites excluding steroid dienone is 2. The Morgan fingerprint density at radius 1 is 1.06 bits per heavy atom. The molecular formula is C26H21N3OS. The van der Waals surface area contributed by atoms with Gasteiger partial charge >= 0.3 is 0 Å². The second-order valence-corrected chi connectivity index (χ2v) is 8.43. The van der Waals surface area contributed by atoms with Crippen molar-refractivity contribution in [2.75, 3.05) is 5.32 Å². The van der Waals surface area contributed by atoms with Crippen LogP contribution in [0.4, 0.5) is 11.5 Å². The Bertz CT molecular complexity index is 1260. The predicted molar refractivity (Wildman–Crippen MR) is 127 cm³/mol. The molecule has 1 aliphatic carbocycles. The molecule has 0 spiro atoms. The summed E-state index contributed by atoms with van der Waals surface area (Å²) in [6, 6.07) is 24.5. The number of nitrogens with zero attached hydrogens (tertiary/aromatic N) is 2. The third kappa shape index (κ3) is 3.33. The Labute approximate surface area is 185 Å². The molecule has 5 heteroatoms. The Hall–Kier alpha value is -3.70. The second-order valence-electron chi connectivity index (χ2n) is 7.48. The number of thiophene rings is 1. The zero-order chi connectivity index (χ0) is 21.3. The normalized spacial score (nSPS) is 17.2. The molecule has 4 aromatic rings. The lowest BCUT2D eigenvalue weighted by Crippen LogP contribution is -2.31. The fraction of sp³-hybridized carbons (Fsp3) is 0.0769. The first-order valence-corrected chi connectivity index (χ1v) is 11.0. The van der Waals surface area contributed by atoms with E-state index in [4.69, 9.17) is 0 Å². The van der Waals surface area contributed by atoms with Crippen molar-refractivity contribution in [3.8, 4) is 0 Å². The fourth-order valence-electron chi connectivity index (χ4n) is 4.16. The molecule has 152 valence electrons. The van der Waals surface area contributed by atoms with E-state index < -0.39 is 0 Å². The first-order chi connectivity index (χ1) is 15.2. The number of fused-ring (bicyclic) bond motifs is 1. The highest BCUT2D eigenvalue weighted by atomic mass is 32.1.